The zero-order valence-corrected chi connectivity index (χ0v) is 34.7. The van der Waals surface area contributed by atoms with Crippen LogP contribution in [0.4, 0.5) is 0 Å². The first kappa shape index (κ1) is 50.8. The molecular weight excluding hydrogens is 669 g/mol. The van der Waals surface area contributed by atoms with E-state index in [0.717, 1.165) is 64.2 Å². The van der Waals surface area contributed by atoms with Crippen LogP contribution in [0, 0.1) is 0 Å². The van der Waals surface area contributed by atoms with Crippen LogP contribution in [0.15, 0.2) is 97.2 Å². The molecule has 0 aliphatic rings. The Balaban J connectivity index is 3.68. The van der Waals surface area contributed by atoms with Gasteiger partial charge in [-0.3, -0.25) is 9.59 Å². The summed E-state index contributed by atoms with van der Waals surface area (Å²) in [6, 6.07) is 0. The number of hydrogen-bond acceptors (Lipinski definition) is 5. The summed E-state index contributed by atoms with van der Waals surface area (Å²) in [5.41, 5.74) is 0. The van der Waals surface area contributed by atoms with Gasteiger partial charge < -0.3 is 14.6 Å². The summed E-state index contributed by atoms with van der Waals surface area (Å²) in [6.07, 6.45) is 62.0. The van der Waals surface area contributed by atoms with E-state index in [9.17, 15) is 14.7 Å². The van der Waals surface area contributed by atoms with E-state index in [-0.39, 0.29) is 25.6 Å². The second kappa shape index (κ2) is 44.2. The first-order chi connectivity index (χ1) is 26.6. The van der Waals surface area contributed by atoms with Crippen LogP contribution in [0.3, 0.4) is 0 Å². The molecule has 1 N–H and O–H groups in total. The molecule has 1 atom stereocenters. The first-order valence-electron chi connectivity index (χ1n) is 21.8. The third-order valence-corrected chi connectivity index (χ3v) is 8.88. The van der Waals surface area contributed by atoms with Gasteiger partial charge in [-0.05, 0) is 83.5 Å². The van der Waals surface area contributed by atoms with E-state index in [1.807, 2.05) is 12.2 Å². The van der Waals surface area contributed by atoms with Crippen LogP contribution in [-0.4, -0.2) is 36.4 Å². The van der Waals surface area contributed by atoms with E-state index in [0.29, 0.717) is 12.8 Å². The van der Waals surface area contributed by atoms with Crippen LogP contribution < -0.4 is 0 Å². The smallest absolute Gasteiger partial charge is 0.306 e. The number of aliphatic hydroxyl groups is 1. The summed E-state index contributed by atoms with van der Waals surface area (Å²) in [5, 5.41) is 9.57. The highest BCUT2D eigenvalue weighted by Gasteiger charge is 2.15. The van der Waals surface area contributed by atoms with Gasteiger partial charge in [0.2, 0.25) is 0 Å². The van der Waals surface area contributed by atoms with Crippen molar-refractivity contribution in [3.05, 3.63) is 97.2 Å². The molecule has 0 bridgehead atoms. The highest BCUT2D eigenvalue weighted by Crippen LogP contribution is 2.13. The molecule has 0 radical (unpaired) electrons. The monoisotopic (exact) mass is 749 g/mol. The number of allylic oxidation sites excluding steroid dienone is 16. The minimum Gasteiger partial charge on any atom is -0.462 e. The molecule has 0 heterocycles. The fraction of sp³-hybridized carbons (Fsp3) is 0.633. The Hall–Kier alpha value is -3.18. The van der Waals surface area contributed by atoms with Gasteiger partial charge >= 0.3 is 11.9 Å². The molecule has 0 aromatic heterocycles. The SMILES string of the molecule is CC/C=C\C/C=C\C/C=C\C/C=C\C/C=C\C/C=C\CCC(=O)OC(CO)COC(=O)CCCCCCCCCCC/C=C\C/C=C\CCCCCCC. The maximum absolute atomic E-state index is 12.2. The van der Waals surface area contributed by atoms with Gasteiger partial charge in [0.15, 0.2) is 6.10 Å². The maximum Gasteiger partial charge on any atom is 0.306 e. The Labute approximate surface area is 332 Å². The fourth-order valence-electron chi connectivity index (χ4n) is 5.61. The minimum absolute atomic E-state index is 0.104. The summed E-state index contributed by atoms with van der Waals surface area (Å²) < 4.78 is 10.6. The molecule has 0 fully saturated rings. The molecule has 0 saturated carbocycles. The van der Waals surface area contributed by atoms with Crippen molar-refractivity contribution in [3.8, 4) is 0 Å². The number of carbonyl (C=O) groups excluding carboxylic acids is 2. The quantitative estimate of drug-likeness (QED) is 0.0387. The molecule has 5 nitrogen and oxygen atoms in total. The molecule has 5 heteroatoms. The Morgan fingerprint density at radius 2 is 0.833 bits per heavy atom. The number of esters is 2. The zero-order chi connectivity index (χ0) is 39.3. The highest BCUT2D eigenvalue weighted by molar-refractivity contribution is 5.70. The average molecular weight is 749 g/mol. The van der Waals surface area contributed by atoms with Crippen LogP contribution in [0.1, 0.15) is 181 Å². The number of hydrogen-bond donors (Lipinski definition) is 1. The maximum atomic E-state index is 12.2. The number of carbonyl (C=O) groups is 2. The second-order valence-electron chi connectivity index (χ2n) is 14.0. The van der Waals surface area contributed by atoms with Crippen molar-refractivity contribution < 1.29 is 24.2 Å². The molecule has 0 aromatic rings. The van der Waals surface area contributed by atoms with Crippen LogP contribution in [0.25, 0.3) is 0 Å². The Bertz CT molecular complexity index is 1070. The lowest BCUT2D eigenvalue weighted by Crippen LogP contribution is -2.28. The number of unbranched alkanes of at least 4 members (excludes halogenated alkanes) is 14. The van der Waals surface area contributed by atoms with E-state index in [1.54, 1.807) is 0 Å². The van der Waals surface area contributed by atoms with Gasteiger partial charge in [-0.15, -0.1) is 0 Å². The predicted molar refractivity (Wildman–Crippen MR) is 232 cm³/mol. The number of aliphatic hydroxyl groups excluding tert-OH is 1. The molecule has 0 aliphatic heterocycles. The predicted octanol–water partition coefficient (Wildman–Crippen LogP) is 14.1. The lowest BCUT2D eigenvalue weighted by molar-refractivity contribution is -0.161. The second-order valence-corrected chi connectivity index (χ2v) is 14.0. The Morgan fingerprint density at radius 3 is 1.28 bits per heavy atom. The summed E-state index contributed by atoms with van der Waals surface area (Å²) in [5.74, 6) is -0.700. The van der Waals surface area contributed by atoms with Gasteiger partial charge in [-0.1, -0.05) is 182 Å². The van der Waals surface area contributed by atoms with Crippen LogP contribution in [0.5, 0.6) is 0 Å². The molecule has 0 rings (SSSR count). The lowest BCUT2D eigenvalue weighted by atomic mass is 10.1. The van der Waals surface area contributed by atoms with Gasteiger partial charge in [0.1, 0.15) is 6.61 Å². The summed E-state index contributed by atoms with van der Waals surface area (Å²) >= 11 is 0. The van der Waals surface area contributed by atoms with Gasteiger partial charge in [-0.25, -0.2) is 0 Å². The van der Waals surface area contributed by atoms with Crippen molar-refractivity contribution in [2.24, 2.45) is 0 Å². The average Bonchev–Trinajstić information content (AvgIpc) is 3.17. The van der Waals surface area contributed by atoms with E-state index in [2.05, 4.69) is 98.9 Å². The van der Waals surface area contributed by atoms with Gasteiger partial charge in [0, 0.05) is 12.8 Å². The molecule has 0 aromatic carbocycles. The van der Waals surface area contributed by atoms with E-state index < -0.39 is 12.1 Å². The van der Waals surface area contributed by atoms with Crippen molar-refractivity contribution in [1.82, 2.24) is 0 Å². The van der Waals surface area contributed by atoms with E-state index >= 15 is 0 Å². The molecule has 1 unspecified atom stereocenters. The minimum atomic E-state index is -0.820. The third kappa shape index (κ3) is 41.6. The standard InChI is InChI=1S/C49H80O5/c1-3-5-7-9-11-13-15-17-19-21-23-24-26-27-29-31-33-35-37-39-41-43-48(51)53-46-47(45-50)54-49(52)44-42-40-38-36-34-32-30-28-25-22-20-18-16-14-12-10-8-6-4-2/h6,8,12,14-15,17-18,20-21,23,25,28,32,34,38,40,47,50H,3-5,7,9-11,13,16,19,22,24,26-27,29-31,33,35-37,39,41-46H2,1-2H3/b8-6-,14-12-,17-15-,20-18-,23-21-,28-25-,34-32-,40-38-. The Morgan fingerprint density at radius 1 is 0.444 bits per heavy atom. The van der Waals surface area contributed by atoms with Crippen molar-refractivity contribution in [2.75, 3.05) is 13.2 Å². The van der Waals surface area contributed by atoms with Crippen LogP contribution >= 0.6 is 0 Å². The fourth-order valence-corrected chi connectivity index (χ4v) is 5.61. The van der Waals surface area contributed by atoms with Gasteiger partial charge in [0.25, 0.3) is 0 Å². The number of ether oxygens (including phenoxy) is 2. The largest absolute Gasteiger partial charge is 0.462 e. The Kier molecular flexibility index (Phi) is 41.6. The van der Waals surface area contributed by atoms with Crippen molar-refractivity contribution in [1.29, 1.82) is 0 Å². The third-order valence-electron chi connectivity index (χ3n) is 8.88. The van der Waals surface area contributed by atoms with Crippen molar-refractivity contribution in [3.63, 3.8) is 0 Å². The molecule has 54 heavy (non-hydrogen) atoms. The molecule has 0 saturated heterocycles. The summed E-state index contributed by atoms with van der Waals surface area (Å²) in [7, 11) is 0. The van der Waals surface area contributed by atoms with E-state index in [4.69, 9.17) is 9.47 Å². The first-order valence-corrected chi connectivity index (χ1v) is 21.8. The van der Waals surface area contributed by atoms with Crippen molar-refractivity contribution >= 4 is 11.9 Å². The molecule has 306 valence electrons. The van der Waals surface area contributed by atoms with Crippen LogP contribution in [-0.2, 0) is 19.1 Å². The lowest BCUT2D eigenvalue weighted by Gasteiger charge is -2.15. The molecular formula is C49H80O5. The molecule has 0 aliphatic carbocycles. The highest BCUT2D eigenvalue weighted by atomic mass is 16.6. The van der Waals surface area contributed by atoms with E-state index in [1.165, 1.54) is 83.5 Å². The molecule has 0 amide bonds. The summed E-state index contributed by atoms with van der Waals surface area (Å²) in [6.45, 7) is 3.94. The number of rotatable bonds is 38. The zero-order valence-electron chi connectivity index (χ0n) is 34.7. The van der Waals surface area contributed by atoms with Crippen molar-refractivity contribution in [2.45, 2.75) is 187 Å². The van der Waals surface area contributed by atoms with Gasteiger partial charge in [0.05, 0.1) is 6.61 Å². The molecule has 0 spiro atoms. The topological polar surface area (TPSA) is 72.8 Å². The van der Waals surface area contributed by atoms with Crippen LogP contribution in [0.2, 0.25) is 0 Å². The summed E-state index contributed by atoms with van der Waals surface area (Å²) in [4.78, 5) is 24.3. The van der Waals surface area contributed by atoms with Gasteiger partial charge in [-0.2, -0.15) is 0 Å². The normalized spacial score (nSPS) is 13.2.